The molecule has 0 spiro atoms. The topological polar surface area (TPSA) is 108 Å². The van der Waals surface area contributed by atoms with E-state index in [1.54, 1.807) is 6.92 Å². The smallest absolute Gasteiger partial charge is 0.267 e. The molecule has 2 heterocycles. The molecule has 0 aliphatic rings. The third kappa shape index (κ3) is 2.84. The molecule has 0 bridgehead atoms. The molecule has 2 rings (SSSR count). The number of H-pyrrole nitrogens is 1. The Morgan fingerprint density at radius 2 is 2.20 bits per heavy atom. The average molecular weight is 316 g/mol. The van der Waals surface area contributed by atoms with Crippen LogP contribution in [0.5, 0.6) is 0 Å². The summed E-state index contributed by atoms with van der Waals surface area (Å²) in [5.41, 5.74) is 1.30. The van der Waals surface area contributed by atoms with Crippen LogP contribution in [0.25, 0.3) is 0 Å². The molecule has 0 aliphatic carbocycles. The van der Waals surface area contributed by atoms with Gasteiger partial charge in [-0.2, -0.15) is 5.10 Å². The molecule has 0 saturated heterocycles. The van der Waals surface area contributed by atoms with E-state index < -0.39 is 16.6 Å². The van der Waals surface area contributed by atoms with Crippen LogP contribution < -0.4 is 4.72 Å². The zero-order valence-corrected chi connectivity index (χ0v) is 13.0. The van der Waals surface area contributed by atoms with Crippen LogP contribution >= 0.6 is 11.3 Å². The van der Waals surface area contributed by atoms with Crippen molar-refractivity contribution >= 4 is 26.5 Å². The largest absolute Gasteiger partial charge is 0.390 e. The van der Waals surface area contributed by atoms with E-state index >= 15 is 0 Å². The van der Waals surface area contributed by atoms with Gasteiger partial charge in [0.1, 0.15) is 10.6 Å². The van der Waals surface area contributed by atoms with Crippen LogP contribution in [-0.4, -0.2) is 28.7 Å². The molecule has 110 valence electrons. The second-order valence-corrected chi connectivity index (χ2v) is 7.10. The number of aliphatic hydroxyl groups excluding tert-OH is 1. The van der Waals surface area contributed by atoms with Gasteiger partial charge in [-0.25, -0.2) is 13.4 Å². The number of aryl methyl sites for hydroxylation is 1. The summed E-state index contributed by atoms with van der Waals surface area (Å²) >= 11 is 1.23. The summed E-state index contributed by atoms with van der Waals surface area (Å²) in [5, 5.41) is 17.6. The lowest BCUT2D eigenvalue weighted by Crippen LogP contribution is -2.15. The SMILES string of the molecule is Cc1[nH]nc(CO)c1S(=O)(=O)Nc1nc(C(C)C)cs1. The molecule has 2 aromatic heterocycles. The molecule has 0 saturated carbocycles. The minimum Gasteiger partial charge on any atom is -0.390 e. The standard InChI is InChI=1S/C11H16N4O3S2/c1-6(2)9-5-19-11(12-9)15-20(17,18)10-7(3)13-14-8(10)4-16/h5-6,16H,4H2,1-3H3,(H,12,15)(H,13,14). The van der Waals surface area contributed by atoms with Gasteiger partial charge in [0.2, 0.25) is 0 Å². The Labute approximate surface area is 121 Å². The van der Waals surface area contributed by atoms with Gasteiger partial charge in [0, 0.05) is 5.38 Å². The highest BCUT2D eigenvalue weighted by Gasteiger charge is 2.25. The van der Waals surface area contributed by atoms with E-state index in [0.717, 1.165) is 5.69 Å². The van der Waals surface area contributed by atoms with Crippen molar-refractivity contribution in [2.24, 2.45) is 0 Å². The molecule has 0 atom stereocenters. The van der Waals surface area contributed by atoms with Crippen LogP contribution in [-0.2, 0) is 16.6 Å². The maximum atomic E-state index is 12.3. The van der Waals surface area contributed by atoms with Crippen LogP contribution in [0.4, 0.5) is 5.13 Å². The first-order chi connectivity index (χ1) is 9.35. The highest BCUT2D eigenvalue weighted by Crippen LogP contribution is 2.25. The molecule has 0 fully saturated rings. The van der Waals surface area contributed by atoms with Crippen molar-refractivity contribution in [2.75, 3.05) is 4.72 Å². The summed E-state index contributed by atoms with van der Waals surface area (Å²) in [7, 11) is -3.81. The normalized spacial score (nSPS) is 12.1. The van der Waals surface area contributed by atoms with Crippen LogP contribution in [0, 0.1) is 6.92 Å². The van der Waals surface area contributed by atoms with Crippen molar-refractivity contribution < 1.29 is 13.5 Å². The Kier molecular flexibility index (Phi) is 4.11. The van der Waals surface area contributed by atoms with Crippen LogP contribution in [0.3, 0.4) is 0 Å². The molecular weight excluding hydrogens is 300 g/mol. The zero-order chi connectivity index (χ0) is 14.9. The lowest BCUT2D eigenvalue weighted by atomic mass is 10.2. The molecule has 7 nitrogen and oxygen atoms in total. The van der Waals surface area contributed by atoms with E-state index in [1.165, 1.54) is 11.3 Å². The first-order valence-corrected chi connectivity index (χ1v) is 8.34. The Bertz CT molecular complexity index is 703. The van der Waals surface area contributed by atoms with E-state index in [9.17, 15) is 8.42 Å². The predicted octanol–water partition coefficient (Wildman–Crippen LogP) is 1.59. The molecule has 0 aromatic carbocycles. The van der Waals surface area contributed by atoms with Gasteiger partial charge in [0.05, 0.1) is 18.0 Å². The molecule has 9 heteroatoms. The number of rotatable bonds is 5. The predicted molar refractivity (Wildman–Crippen MR) is 76.3 cm³/mol. The van der Waals surface area contributed by atoms with E-state index in [-0.39, 0.29) is 16.5 Å². The molecule has 0 amide bonds. The van der Waals surface area contributed by atoms with Crippen LogP contribution in [0.1, 0.15) is 36.8 Å². The number of thiazole rings is 1. The fraction of sp³-hybridized carbons (Fsp3) is 0.455. The van der Waals surface area contributed by atoms with Gasteiger partial charge in [-0.3, -0.25) is 9.82 Å². The van der Waals surface area contributed by atoms with E-state index in [4.69, 9.17) is 5.11 Å². The second kappa shape index (κ2) is 5.51. The van der Waals surface area contributed by atoms with Gasteiger partial charge in [-0.15, -0.1) is 11.3 Å². The number of hydrogen-bond donors (Lipinski definition) is 3. The third-order valence-electron chi connectivity index (χ3n) is 2.71. The monoisotopic (exact) mass is 316 g/mol. The summed E-state index contributed by atoms with van der Waals surface area (Å²) in [6.45, 7) is 5.10. The lowest BCUT2D eigenvalue weighted by Gasteiger charge is -2.05. The summed E-state index contributed by atoms with van der Waals surface area (Å²) < 4.78 is 27.1. The summed E-state index contributed by atoms with van der Waals surface area (Å²) in [5.74, 6) is 0.230. The minimum absolute atomic E-state index is 0.0266. The Morgan fingerprint density at radius 3 is 2.75 bits per heavy atom. The summed E-state index contributed by atoms with van der Waals surface area (Å²) in [4.78, 5) is 4.20. The number of sulfonamides is 1. The molecule has 2 aromatic rings. The molecule has 0 radical (unpaired) electrons. The lowest BCUT2D eigenvalue weighted by molar-refractivity contribution is 0.273. The second-order valence-electron chi connectivity index (χ2n) is 4.62. The number of nitrogens with one attached hydrogen (secondary N) is 2. The van der Waals surface area contributed by atoms with Crippen molar-refractivity contribution in [1.82, 2.24) is 15.2 Å². The number of aromatic amines is 1. The fourth-order valence-electron chi connectivity index (χ4n) is 1.70. The maximum Gasteiger partial charge on any atom is 0.267 e. The molecule has 3 N–H and O–H groups in total. The number of aromatic nitrogens is 3. The van der Waals surface area contributed by atoms with E-state index in [1.807, 2.05) is 19.2 Å². The van der Waals surface area contributed by atoms with Gasteiger partial charge in [-0.1, -0.05) is 13.8 Å². The summed E-state index contributed by atoms with van der Waals surface area (Å²) in [6, 6.07) is 0. The van der Waals surface area contributed by atoms with Gasteiger partial charge in [0.25, 0.3) is 10.0 Å². The molecule has 20 heavy (non-hydrogen) atoms. The number of anilines is 1. The number of hydrogen-bond acceptors (Lipinski definition) is 6. The number of nitrogens with zero attached hydrogens (tertiary/aromatic N) is 2. The number of aliphatic hydroxyl groups is 1. The Balaban J connectivity index is 2.33. The maximum absolute atomic E-state index is 12.3. The Hall–Kier alpha value is -1.45. The first kappa shape index (κ1) is 14.9. The molecular formula is C11H16N4O3S2. The van der Waals surface area contributed by atoms with Crippen molar-refractivity contribution in [2.45, 2.75) is 38.2 Å². The Morgan fingerprint density at radius 1 is 1.50 bits per heavy atom. The van der Waals surface area contributed by atoms with E-state index in [0.29, 0.717) is 10.8 Å². The van der Waals surface area contributed by atoms with Gasteiger partial charge >= 0.3 is 0 Å². The quantitative estimate of drug-likeness (QED) is 0.776. The molecule has 0 aliphatic heterocycles. The van der Waals surface area contributed by atoms with Gasteiger partial charge in [0.15, 0.2) is 5.13 Å². The van der Waals surface area contributed by atoms with Gasteiger partial charge in [-0.05, 0) is 12.8 Å². The fourth-order valence-corrected chi connectivity index (χ4v) is 4.18. The first-order valence-electron chi connectivity index (χ1n) is 5.98. The molecule has 0 unspecified atom stereocenters. The van der Waals surface area contributed by atoms with Crippen LogP contribution in [0.2, 0.25) is 0 Å². The zero-order valence-electron chi connectivity index (χ0n) is 11.3. The van der Waals surface area contributed by atoms with Crippen LogP contribution in [0.15, 0.2) is 10.3 Å². The van der Waals surface area contributed by atoms with Crippen molar-refractivity contribution in [1.29, 1.82) is 0 Å². The third-order valence-corrected chi connectivity index (χ3v) is 5.16. The average Bonchev–Trinajstić information content (AvgIpc) is 2.95. The highest BCUT2D eigenvalue weighted by molar-refractivity contribution is 7.93. The van der Waals surface area contributed by atoms with Crippen molar-refractivity contribution in [3.8, 4) is 0 Å². The van der Waals surface area contributed by atoms with Crippen molar-refractivity contribution in [3.05, 3.63) is 22.5 Å². The highest BCUT2D eigenvalue weighted by atomic mass is 32.2. The van der Waals surface area contributed by atoms with Crippen molar-refractivity contribution in [3.63, 3.8) is 0 Å². The minimum atomic E-state index is -3.81. The van der Waals surface area contributed by atoms with Gasteiger partial charge < -0.3 is 5.11 Å². The van der Waals surface area contributed by atoms with E-state index in [2.05, 4.69) is 19.9 Å². The summed E-state index contributed by atoms with van der Waals surface area (Å²) in [6.07, 6.45) is 0.